The molecule has 2 aliphatic rings. The van der Waals surface area contributed by atoms with Gasteiger partial charge in [0.2, 0.25) is 5.91 Å². The number of hydrogen-bond acceptors (Lipinski definition) is 4. The summed E-state index contributed by atoms with van der Waals surface area (Å²) < 4.78 is 0. The summed E-state index contributed by atoms with van der Waals surface area (Å²) in [6.07, 6.45) is 2.43. The molecule has 2 fully saturated rings. The van der Waals surface area contributed by atoms with E-state index in [0.717, 1.165) is 17.5 Å². The average Bonchev–Trinajstić information content (AvgIpc) is 2.76. The summed E-state index contributed by atoms with van der Waals surface area (Å²) in [4.78, 5) is 33.0. The molecule has 0 saturated carbocycles. The van der Waals surface area contributed by atoms with Gasteiger partial charge in [-0.3, -0.25) is 14.6 Å². The van der Waals surface area contributed by atoms with Crippen molar-refractivity contribution in [2.24, 2.45) is 5.92 Å². The minimum absolute atomic E-state index is 0.0134. The van der Waals surface area contributed by atoms with Gasteiger partial charge >= 0.3 is 0 Å². The molecule has 0 spiro atoms. The second-order valence-electron chi connectivity index (χ2n) is 8.57. The van der Waals surface area contributed by atoms with Crippen molar-refractivity contribution < 1.29 is 14.7 Å². The number of aliphatic hydroxyl groups is 1. The zero-order valence-electron chi connectivity index (χ0n) is 17.9. The summed E-state index contributed by atoms with van der Waals surface area (Å²) in [5, 5.41) is 9.94. The first-order chi connectivity index (χ1) is 15.0. The zero-order chi connectivity index (χ0) is 22.0. The molecule has 2 saturated heterocycles. The Bertz CT molecular complexity index is 1010. The number of aromatic nitrogens is 1. The Labute approximate surface area is 182 Å². The van der Waals surface area contributed by atoms with Crippen molar-refractivity contribution in [3.63, 3.8) is 0 Å². The number of fused-ring (bicyclic) bond motifs is 1. The fourth-order valence-electron chi connectivity index (χ4n) is 4.45. The van der Waals surface area contributed by atoms with E-state index in [1.807, 2.05) is 24.3 Å². The Hall–Kier alpha value is -3.17. The van der Waals surface area contributed by atoms with Crippen LogP contribution in [-0.4, -0.2) is 63.5 Å². The third-order valence-electron chi connectivity index (χ3n) is 5.96. The van der Waals surface area contributed by atoms with E-state index in [1.54, 1.807) is 34.2 Å². The van der Waals surface area contributed by atoms with Crippen LogP contribution < -0.4 is 0 Å². The number of rotatable bonds is 4. The Balaban J connectivity index is 1.52. The number of hydrogen-bond donors (Lipinski definition) is 1. The normalized spacial score (nSPS) is 22.5. The van der Waals surface area contributed by atoms with Gasteiger partial charge in [0.05, 0.1) is 18.7 Å². The summed E-state index contributed by atoms with van der Waals surface area (Å²) in [7, 11) is 0. The second-order valence-corrected chi connectivity index (χ2v) is 8.57. The zero-order valence-corrected chi connectivity index (χ0v) is 17.9. The molecule has 2 aromatic rings. The maximum Gasteiger partial charge on any atom is 0.272 e. The SMILES string of the molecule is CC(C)CC#Cc1ccc([C@H]2[C@H](CO)N3C(=O)CN(C(=O)c4ccccn4)C[C@@H]23)cc1. The van der Waals surface area contributed by atoms with Crippen molar-refractivity contribution in [2.45, 2.75) is 38.3 Å². The Morgan fingerprint density at radius 3 is 2.65 bits per heavy atom. The van der Waals surface area contributed by atoms with Crippen LogP contribution in [0.1, 0.15) is 47.8 Å². The smallest absolute Gasteiger partial charge is 0.272 e. The quantitative estimate of drug-likeness (QED) is 0.775. The molecule has 2 amide bonds. The number of nitrogens with zero attached hydrogens (tertiary/aromatic N) is 3. The number of pyridine rings is 1. The second kappa shape index (κ2) is 8.91. The highest BCUT2D eigenvalue weighted by Crippen LogP contribution is 2.43. The first-order valence-corrected chi connectivity index (χ1v) is 10.7. The molecule has 31 heavy (non-hydrogen) atoms. The number of carbonyl (C=O) groups is 2. The van der Waals surface area contributed by atoms with Crippen LogP contribution in [0.2, 0.25) is 0 Å². The minimum atomic E-state index is -0.262. The first kappa shape index (κ1) is 21.1. The Morgan fingerprint density at radius 1 is 1.23 bits per heavy atom. The molecule has 1 N–H and O–H groups in total. The number of benzene rings is 1. The molecule has 160 valence electrons. The van der Waals surface area contributed by atoms with Crippen molar-refractivity contribution in [3.8, 4) is 11.8 Å². The summed E-state index contributed by atoms with van der Waals surface area (Å²) in [5.41, 5.74) is 2.34. The molecule has 0 radical (unpaired) electrons. The number of aliphatic hydroxyl groups excluding tert-OH is 1. The molecule has 2 aliphatic heterocycles. The topological polar surface area (TPSA) is 73.7 Å². The van der Waals surface area contributed by atoms with E-state index in [0.29, 0.717) is 18.2 Å². The summed E-state index contributed by atoms with van der Waals surface area (Å²) in [6, 6.07) is 12.8. The highest BCUT2D eigenvalue weighted by Gasteiger charge is 2.54. The maximum atomic E-state index is 12.8. The largest absolute Gasteiger partial charge is 0.394 e. The molecular weight excluding hydrogens is 390 g/mol. The van der Waals surface area contributed by atoms with Crippen LogP contribution in [0, 0.1) is 17.8 Å². The molecule has 6 nitrogen and oxygen atoms in total. The van der Waals surface area contributed by atoms with E-state index in [2.05, 4.69) is 30.7 Å². The molecule has 4 rings (SSSR count). The van der Waals surface area contributed by atoms with Gasteiger partial charge in [-0.2, -0.15) is 0 Å². The van der Waals surface area contributed by atoms with Gasteiger partial charge in [0.15, 0.2) is 0 Å². The fourth-order valence-corrected chi connectivity index (χ4v) is 4.45. The van der Waals surface area contributed by atoms with Crippen LogP contribution in [0.15, 0.2) is 48.7 Å². The standard InChI is InChI=1S/C25H27N3O3/c1-17(2)6-5-7-18-9-11-19(12-10-18)24-21-14-27(15-23(30)28(21)22(24)16-29)25(31)20-8-3-4-13-26-20/h3-4,8-13,17,21-22,24,29H,6,14-16H2,1-2H3/t21-,22-,24+/m0/s1. The van der Waals surface area contributed by atoms with Crippen molar-refractivity contribution in [2.75, 3.05) is 19.7 Å². The molecule has 0 aliphatic carbocycles. The van der Waals surface area contributed by atoms with Crippen molar-refractivity contribution in [1.29, 1.82) is 0 Å². The van der Waals surface area contributed by atoms with Crippen LogP contribution in [0.5, 0.6) is 0 Å². The van der Waals surface area contributed by atoms with Gasteiger partial charge in [0, 0.05) is 30.6 Å². The third kappa shape index (κ3) is 4.19. The lowest BCUT2D eigenvalue weighted by Crippen LogP contribution is -2.73. The minimum Gasteiger partial charge on any atom is -0.394 e. The van der Waals surface area contributed by atoms with Crippen LogP contribution in [0.3, 0.4) is 0 Å². The summed E-state index contributed by atoms with van der Waals surface area (Å²) >= 11 is 0. The number of piperazine rings is 1. The lowest BCUT2D eigenvalue weighted by atomic mass is 9.73. The first-order valence-electron chi connectivity index (χ1n) is 10.7. The molecule has 0 unspecified atom stereocenters. The van der Waals surface area contributed by atoms with Gasteiger partial charge < -0.3 is 14.9 Å². The Kier molecular flexibility index (Phi) is 6.06. The van der Waals surface area contributed by atoms with E-state index in [-0.39, 0.29) is 43.0 Å². The lowest BCUT2D eigenvalue weighted by Gasteiger charge is -2.58. The predicted molar refractivity (Wildman–Crippen MR) is 117 cm³/mol. The van der Waals surface area contributed by atoms with E-state index >= 15 is 0 Å². The highest BCUT2D eigenvalue weighted by molar-refractivity contribution is 5.96. The van der Waals surface area contributed by atoms with Crippen LogP contribution in [-0.2, 0) is 4.79 Å². The van der Waals surface area contributed by atoms with Gasteiger partial charge in [-0.1, -0.05) is 43.9 Å². The molecule has 6 heteroatoms. The van der Waals surface area contributed by atoms with Crippen molar-refractivity contribution >= 4 is 11.8 Å². The molecule has 0 bridgehead atoms. The fraction of sp³-hybridized carbons (Fsp3) is 0.400. The van der Waals surface area contributed by atoms with E-state index in [1.165, 1.54) is 0 Å². The molecule has 3 atom stereocenters. The predicted octanol–water partition coefficient (Wildman–Crippen LogP) is 2.29. The average molecular weight is 418 g/mol. The van der Waals surface area contributed by atoms with E-state index in [4.69, 9.17) is 0 Å². The summed E-state index contributed by atoms with van der Waals surface area (Å²) in [6.45, 7) is 4.62. The third-order valence-corrected chi connectivity index (χ3v) is 5.96. The van der Waals surface area contributed by atoms with E-state index < -0.39 is 0 Å². The van der Waals surface area contributed by atoms with E-state index in [9.17, 15) is 14.7 Å². The van der Waals surface area contributed by atoms with Crippen LogP contribution in [0.25, 0.3) is 0 Å². The molecular formula is C25H27N3O3. The molecule has 1 aromatic carbocycles. The maximum absolute atomic E-state index is 12.8. The monoisotopic (exact) mass is 417 g/mol. The number of carbonyl (C=O) groups excluding carboxylic acids is 2. The van der Waals surface area contributed by atoms with Crippen LogP contribution >= 0.6 is 0 Å². The van der Waals surface area contributed by atoms with Crippen molar-refractivity contribution in [3.05, 3.63) is 65.5 Å². The van der Waals surface area contributed by atoms with Crippen molar-refractivity contribution in [1.82, 2.24) is 14.8 Å². The number of amides is 2. The summed E-state index contributed by atoms with van der Waals surface area (Å²) in [5.74, 6) is 6.52. The van der Waals surface area contributed by atoms with Gasteiger partial charge in [-0.25, -0.2) is 0 Å². The van der Waals surface area contributed by atoms with Crippen LogP contribution in [0.4, 0.5) is 0 Å². The lowest BCUT2D eigenvalue weighted by molar-refractivity contribution is -0.159. The highest BCUT2D eigenvalue weighted by atomic mass is 16.3. The Morgan fingerprint density at radius 2 is 2.00 bits per heavy atom. The van der Waals surface area contributed by atoms with Gasteiger partial charge in [-0.05, 0) is 35.7 Å². The van der Waals surface area contributed by atoms with Gasteiger partial charge in [-0.15, -0.1) is 0 Å². The van der Waals surface area contributed by atoms with Gasteiger partial charge in [0.1, 0.15) is 12.2 Å². The molecule has 3 heterocycles. The van der Waals surface area contributed by atoms with Gasteiger partial charge in [0.25, 0.3) is 5.91 Å². The molecule has 1 aromatic heterocycles.